The minimum absolute atomic E-state index is 0.0166. The predicted molar refractivity (Wildman–Crippen MR) is 42.5 cm³/mol. The van der Waals surface area contributed by atoms with Crippen LogP contribution in [0.3, 0.4) is 0 Å². The van der Waals surface area contributed by atoms with Gasteiger partial charge in [0.15, 0.2) is 0 Å². The van der Waals surface area contributed by atoms with Crippen LogP contribution in [-0.2, 0) is 9.53 Å². The molecular formula is C8H12F3NO2. The standard InChI is InChI=1S/C8H12F3NO2/c1-7(8(9,10)11)4-12-3-5(7)6(13)14-2/h5,12H,3-4H2,1-2H3/t5-,7+/m0/s1. The van der Waals surface area contributed by atoms with Crippen LogP contribution in [0, 0.1) is 11.3 Å². The summed E-state index contributed by atoms with van der Waals surface area (Å²) in [6.07, 6.45) is -4.39. The van der Waals surface area contributed by atoms with Crippen LogP contribution in [0.25, 0.3) is 0 Å². The molecule has 0 radical (unpaired) electrons. The van der Waals surface area contributed by atoms with Crippen LogP contribution in [0.4, 0.5) is 13.2 Å². The van der Waals surface area contributed by atoms with Crippen LogP contribution in [0.2, 0.25) is 0 Å². The molecule has 1 aliphatic rings. The lowest BCUT2D eigenvalue weighted by Gasteiger charge is -2.30. The minimum Gasteiger partial charge on any atom is -0.469 e. The molecule has 1 heterocycles. The molecule has 1 saturated heterocycles. The lowest BCUT2D eigenvalue weighted by molar-refractivity contribution is -0.227. The Balaban J connectivity index is 2.92. The van der Waals surface area contributed by atoms with Gasteiger partial charge in [-0.3, -0.25) is 4.79 Å². The van der Waals surface area contributed by atoms with Crippen LogP contribution in [-0.4, -0.2) is 32.3 Å². The summed E-state index contributed by atoms with van der Waals surface area (Å²) in [5.41, 5.74) is -2.01. The zero-order chi connectivity index (χ0) is 11.0. The maximum atomic E-state index is 12.6. The average molecular weight is 211 g/mol. The fraction of sp³-hybridized carbons (Fsp3) is 0.875. The van der Waals surface area contributed by atoms with Crippen LogP contribution in [0.15, 0.2) is 0 Å². The number of ether oxygens (including phenoxy) is 1. The molecule has 0 bridgehead atoms. The predicted octanol–water partition coefficient (Wildman–Crippen LogP) is 0.947. The average Bonchev–Trinajstić information content (AvgIpc) is 2.46. The van der Waals surface area contributed by atoms with Crippen molar-refractivity contribution in [3.8, 4) is 0 Å². The highest BCUT2D eigenvalue weighted by molar-refractivity contribution is 5.74. The van der Waals surface area contributed by atoms with Crippen molar-refractivity contribution in [2.75, 3.05) is 20.2 Å². The summed E-state index contributed by atoms with van der Waals surface area (Å²) < 4.78 is 42.3. The Morgan fingerprint density at radius 1 is 1.57 bits per heavy atom. The summed E-state index contributed by atoms with van der Waals surface area (Å²) >= 11 is 0. The highest BCUT2D eigenvalue weighted by atomic mass is 19.4. The number of alkyl halides is 3. The van der Waals surface area contributed by atoms with Crippen molar-refractivity contribution >= 4 is 5.97 Å². The van der Waals surface area contributed by atoms with Gasteiger partial charge in [-0.1, -0.05) is 0 Å². The van der Waals surface area contributed by atoms with Gasteiger partial charge >= 0.3 is 12.1 Å². The highest BCUT2D eigenvalue weighted by Crippen LogP contribution is 2.46. The van der Waals surface area contributed by atoms with E-state index in [0.717, 1.165) is 14.0 Å². The molecule has 0 aromatic heterocycles. The van der Waals surface area contributed by atoms with Gasteiger partial charge < -0.3 is 10.1 Å². The van der Waals surface area contributed by atoms with Gasteiger partial charge in [-0.05, 0) is 6.92 Å². The van der Waals surface area contributed by atoms with E-state index < -0.39 is 23.5 Å². The number of rotatable bonds is 1. The zero-order valence-corrected chi connectivity index (χ0v) is 7.94. The van der Waals surface area contributed by atoms with Gasteiger partial charge in [0.1, 0.15) is 0 Å². The molecular weight excluding hydrogens is 199 g/mol. The number of halogens is 3. The number of carbonyl (C=O) groups excluding carboxylic acids is 1. The normalized spacial score (nSPS) is 33.1. The van der Waals surface area contributed by atoms with Crippen molar-refractivity contribution in [3.05, 3.63) is 0 Å². The first-order valence-electron chi connectivity index (χ1n) is 4.18. The lowest BCUT2D eigenvalue weighted by atomic mass is 9.79. The van der Waals surface area contributed by atoms with E-state index in [0.29, 0.717) is 0 Å². The van der Waals surface area contributed by atoms with E-state index in [9.17, 15) is 18.0 Å². The summed E-state index contributed by atoms with van der Waals surface area (Å²) in [5, 5.41) is 2.56. The molecule has 1 rings (SSSR count). The van der Waals surface area contributed by atoms with E-state index in [1.807, 2.05) is 0 Å². The van der Waals surface area contributed by atoms with Crippen LogP contribution in [0.1, 0.15) is 6.92 Å². The molecule has 0 unspecified atom stereocenters. The van der Waals surface area contributed by atoms with E-state index in [1.165, 1.54) is 0 Å². The fourth-order valence-electron chi connectivity index (χ4n) is 1.61. The molecule has 6 heteroatoms. The van der Waals surface area contributed by atoms with E-state index in [1.54, 1.807) is 0 Å². The monoisotopic (exact) mass is 211 g/mol. The third-order valence-electron chi connectivity index (χ3n) is 2.74. The van der Waals surface area contributed by atoms with Crippen LogP contribution in [0.5, 0.6) is 0 Å². The molecule has 0 aromatic carbocycles. The van der Waals surface area contributed by atoms with Crippen molar-refractivity contribution in [1.82, 2.24) is 5.32 Å². The minimum atomic E-state index is -4.39. The summed E-state index contributed by atoms with van der Waals surface area (Å²) in [5.74, 6) is -1.96. The van der Waals surface area contributed by atoms with Crippen LogP contribution >= 0.6 is 0 Å². The van der Waals surface area contributed by atoms with Crippen molar-refractivity contribution in [1.29, 1.82) is 0 Å². The lowest BCUT2D eigenvalue weighted by Crippen LogP contribution is -2.45. The van der Waals surface area contributed by atoms with E-state index in [4.69, 9.17) is 0 Å². The van der Waals surface area contributed by atoms with Crippen molar-refractivity contribution in [2.24, 2.45) is 11.3 Å². The molecule has 14 heavy (non-hydrogen) atoms. The van der Waals surface area contributed by atoms with E-state index in [-0.39, 0.29) is 13.1 Å². The number of methoxy groups -OCH3 is 1. The fourth-order valence-corrected chi connectivity index (χ4v) is 1.61. The van der Waals surface area contributed by atoms with Crippen molar-refractivity contribution < 1.29 is 22.7 Å². The Hall–Kier alpha value is -0.780. The molecule has 1 N–H and O–H groups in total. The molecule has 0 amide bonds. The topological polar surface area (TPSA) is 38.3 Å². The first kappa shape index (κ1) is 11.3. The number of nitrogens with one attached hydrogen (secondary N) is 1. The molecule has 0 aromatic rings. The molecule has 3 nitrogen and oxygen atoms in total. The Morgan fingerprint density at radius 3 is 2.57 bits per heavy atom. The molecule has 0 saturated carbocycles. The molecule has 1 aliphatic heterocycles. The quantitative estimate of drug-likeness (QED) is 0.656. The van der Waals surface area contributed by atoms with Gasteiger partial charge in [-0.2, -0.15) is 13.2 Å². The number of hydrogen-bond acceptors (Lipinski definition) is 3. The van der Waals surface area contributed by atoms with Crippen molar-refractivity contribution in [2.45, 2.75) is 13.1 Å². The first-order chi connectivity index (χ1) is 6.33. The maximum Gasteiger partial charge on any atom is 0.396 e. The molecule has 2 atom stereocenters. The summed E-state index contributed by atoms with van der Waals surface area (Å²) in [6.45, 7) is 0.813. The smallest absolute Gasteiger partial charge is 0.396 e. The number of carbonyl (C=O) groups is 1. The second-order valence-electron chi connectivity index (χ2n) is 3.62. The molecule has 0 aliphatic carbocycles. The van der Waals surface area contributed by atoms with Gasteiger partial charge in [-0.25, -0.2) is 0 Å². The van der Waals surface area contributed by atoms with Gasteiger partial charge in [0, 0.05) is 13.1 Å². The van der Waals surface area contributed by atoms with Crippen LogP contribution < -0.4 is 5.32 Å². The van der Waals surface area contributed by atoms with Gasteiger partial charge in [0.2, 0.25) is 0 Å². The SMILES string of the molecule is COC(=O)[C@@H]1CNC[C@@]1(C)C(F)(F)F. The Kier molecular flexibility index (Phi) is 2.76. The third-order valence-corrected chi connectivity index (χ3v) is 2.74. The molecule has 1 fully saturated rings. The summed E-state index contributed by atoms with van der Waals surface area (Å²) in [7, 11) is 1.09. The van der Waals surface area contributed by atoms with E-state index in [2.05, 4.69) is 10.1 Å². The second-order valence-corrected chi connectivity index (χ2v) is 3.62. The molecule has 0 spiro atoms. The summed E-state index contributed by atoms with van der Waals surface area (Å²) in [6, 6.07) is 0. The maximum absolute atomic E-state index is 12.6. The second kappa shape index (κ2) is 3.42. The Labute approximate surface area is 79.6 Å². The van der Waals surface area contributed by atoms with Gasteiger partial charge in [0.25, 0.3) is 0 Å². The largest absolute Gasteiger partial charge is 0.469 e. The number of esters is 1. The molecule has 82 valence electrons. The van der Waals surface area contributed by atoms with Gasteiger partial charge in [-0.15, -0.1) is 0 Å². The third kappa shape index (κ3) is 1.58. The number of hydrogen-bond donors (Lipinski definition) is 1. The first-order valence-corrected chi connectivity index (χ1v) is 4.18. The zero-order valence-electron chi connectivity index (χ0n) is 7.94. The van der Waals surface area contributed by atoms with Crippen molar-refractivity contribution in [3.63, 3.8) is 0 Å². The highest BCUT2D eigenvalue weighted by Gasteiger charge is 2.60. The van der Waals surface area contributed by atoms with E-state index >= 15 is 0 Å². The Morgan fingerprint density at radius 2 is 2.14 bits per heavy atom. The van der Waals surface area contributed by atoms with Gasteiger partial charge in [0.05, 0.1) is 18.4 Å². The summed E-state index contributed by atoms with van der Waals surface area (Å²) in [4.78, 5) is 11.1. The Bertz CT molecular complexity index is 241.